The van der Waals surface area contributed by atoms with E-state index in [-0.39, 0.29) is 24.8 Å². The van der Waals surface area contributed by atoms with E-state index in [9.17, 15) is 0 Å². The molecule has 1 heterocycles. The molecule has 1 aliphatic carbocycles. The highest BCUT2D eigenvalue weighted by Crippen LogP contribution is 2.24. The first-order valence-corrected chi connectivity index (χ1v) is 6.47. The van der Waals surface area contributed by atoms with Gasteiger partial charge in [-0.2, -0.15) is 0 Å². The number of hydrogen-bond acceptors (Lipinski definition) is 3. The van der Waals surface area contributed by atoms with Crippen LogP contribution in [0, 0.1) is 0 Å². The lowest BCUT2D eigenvalue weighted by molar-refractivity contribution is 0.0952. The molecule has 0 aromatic carbocycles. The summed E-state index contributed by atoms with van der Waals surface area (Å²) < 4.78 is 0. The number of hydrogen-bond donors (Lipinski definition) is 1. The van der Waals surface area contributed by atoms with Crippen molar-refractivity contribution in [3.63, 3.8) is 0 Å². The minimum Gasteiger partial charge on any atom is -0.327 e. The van der Waals surface area contributed by atoms with Crippen molar-refractivity contribution < 1.29 is 0 Å². The maximum Gasteiger partial charge on any atom is 0.0139 e. The predicted octanol–water partition coefficient (Wildman–Crippen LogP) is 1.74. The summed E-state index contributed by atoms with van der Waals surface area (Å²) in [5.41, 5.74) is 5.82. The number of halogens is 2. The Morgan fingerprint density at radius 2 is 1.59 bits per heavy atom. The maximum atomic E-state index is 5.82. The van der Waals surface area contributed by atoms with Crippen LogP contribution in [0.3, 0.4) is 0 Å². The molecule has 1 aliphatic heterocycles. The molecule has 5 heteroatoms. The molecule has 3 nitrogen and oxygen atoms in total. The molecule has 0 aromatic heterocycles. The smallest absolute Gasteiger partial charge is 0.0139 e. The Labute approximate surface area is 118 Å². The van der Waals surface area contributed by atoms with Crippen molar-refractivity contribution in [1.82, 2.24) is 9.80 Å². The van der Waals surface area contributed by atoms with Crippen molar-refractivity contribution in [2.45, 2.75) is 44.7 Å². The molecule has 17 heavy (non-hydrogen) atoms. The zero-order valence-corrected chi connectivity index (χ0v) is 12.4. The molecule has 2 N–H and O–H groups in total. The number of rotatable bonds is 3. The predicted molar refractivity (Wildman–Crippen MR) is 78.4 cm³/mol. The summed E-state index contributed by atoms with van der Waals surface area (Å²) in [6.45, 7) is 8.13. The fraction of sp³-hybridized carbons (Fsp3) is 1.00. The lowest BCUT2D eigenvalue weighted by atomic mass is 10.1. The molecule has 0 aromatic rings. The molecule has 1 atom stereocenters. The Balaban J connectivity index is 0.00000128. The minimum atomic E-state index is 0. The van der Waals surface area contributed by atoms with Crippen molar-refractivity contribution >= 4 is 24.8 Å². The normalized spacial score (nSPS) is 25.1. The van der Waals surface area contributed by atoms with Gasteiger partial charge < -0.3 is 5.73 Å². The lowest BCUT2D eigenvalue weighted by Gasteiger charge is -2.38. The molecule has 0 bridgehead atoms. The van der Waals surface area contributed by atoms with Gasteiger partial charge in [0.15, 0.2) is 0 Å². The molecule has 2 aliphatic rings. The molecule has 0 spiro atoms. The standard InChI is InChI=1S/C12H25N3.2ClH/c1-11(13)10-14-6-8-15(9-7-14)12-4-2-3-5-12;;/h11-12H,2-10,13H2,1H3;2*1H. The van der Waals surface area contributed by atoms with Gasteiger partial charge in [0.2, 0.25) is 0 Å². The molecule has 2 rings (SSSR count). The Hall–Kier alpha value is 0.460. The Morgan fingerprint density at radius 1 is 1.06 bits per heavy atom. The molecule has 104 valence electrons. The van der Waals surface area contributed by atoms with Gasteiger partial charge in [-0.05, 0) is 19.8 Å². The van der Waals surface area contributed by atoms with Crippen LogP contribution in [0.25, 0.3) is 0 Å². The van der Waals surface area contributed by atoms with Crippen LogP contribution in [0.4, 0.5) is 0 Å². The number of nitrogens with two attached hydrogens (primary N) is 1. The largest absolute Gasteiger partial charge is 0.327 e. The summed E-state index contributed by atoms with van der Waals surface area (Å²) in [5, 5.41) is 0. The van der Waals surface area contributed by atoms with E-state index < -0.39 is 0 Å². The summed E-state index contributed by atoms with van der Waals surface area (Å²) >= 11 is 0. The topological polar surface area (TPSA) is 32.5 Å². The highest BCUT2D eigenvalue weighted by atomic mass is 35.5. The van der Waals surface area contributed by atoms with Gasteiger partial charge in [-0.1, -0.05) is 12.8 Å². The third-order valence-electron chi connectivity index (χ3n) is 3.79. The van der Waals surface area contributed by atoms with Gasteiger partial charge in [-0.25, -0.2) is 0 Å². The molecule has 1 saturated heterocycles. The second kappa shape index (κ2) is 8.54. The van der Waals surface area contributed by atoms with Crippen molar-refractivity contribution in [3.05, 3.63) is 0 Å². The van der Waals surface area contributed by atoms with Crippen LogP contribution < -0.4 is 5.73 Å². The van der Waals surface area contributed by atoms with Crippen molar-refractivity contribution in [3.8, 4) is 0 Å². The van der Waals surface area contributed by atoms with Crippen LogP contribution in [-0.4, -0.2) is 54.6 Å². The molecule has 1 unspecified atom stereocenters. The van der Waals surface area contributed by atoms with Crippen molar-refractivity contribution in [1.29, 1.82) is 0 Å². The van der Waals surface area contributed by atoms with Crippen LogP contribution in [0.15, 0.2) is 0 Å². The Bertz CT molecular complexity index is 188. The van der Waals surface area contributed by atoms with E-state index in [2.05, 4.69) is 16.7 Å². The summed E-state index contributed by atoms with van der Waals surface area (Å²) in [6.07, 6.45) is 5.77. The Kier molecular flexibility index (Phi) is 8.77. The zero-order valence-electron chi connectivity index (χ0n) is 10.8. The Morgan fingerprint density at radius 3 is 2.06 bits per heavy atom. The van der Waals surface area contributed by atoms with E-state index in [1.165, 1.54) is 51.9 Å². The second-order valence-electron chi connectivity index (χ2n) is 5.25. The van der Waals surface area contributed by atoms with Gasteiger partial charge >= 0.3 is 0 Å². The van der Waals surface area contributed by atoms with E-state index >= 15 is 0 Å². The van der Waals surface area contributed by atoms with Crippen LogP contribution in [0.2, 0.25) is 0 Å². The van der Waals surface area contributed by atoms with E-state index in [1.807, 2.05) is 0 Å². The van der Waals surface area contributed by atoms with Gasteiger partial charge in [0.1, 0.15) is 0 Å². The number of nitrogens with zero attached hydrogens (tertiary/aromatic N) is 2. The van der Waals surface area contributed by atoms with E-state index in [4.69, 9.17) is 5.73 Å². The summed E-state index contributed by atoms with van der Waals surface area (Å²) in [7, 11) is 0. The third kappa shape index (κ3) is 5.31. The van der Waals surface area contributed by atoms with E-state index in [1.54, 1.807) is 0 Å². The van der Waals surface area contributed by atoms with Crippen LogP contribution in [0.5, 0.6) is 0 Å². The first kappa shape index (κ1) is 17.5. The van der Waals surface area contributed by atoms with E-state index in [0.29, 0.717) is 6.04 Å². The monoisotopic (exact) mass is 283 g/mol. The van der Waals surface area contributed by atoms with Gasteiger partial charge in [0.25, 0.3) is 0 Å². The highest BCUT2D eigenvalue weighted by Gasteiger charge is 2.25. The average Bonchev–Trinajstić information content (AvgIpc) is 2.71. The first-order valence-electron chi connectivity index (χ1n) is 6.47. The van der Waals surface area contributed by atoms with Crippen LogP contribution in [0.1, 0.15) is 32.6 Å². The molecule has 1 saturated carbocycles. The number of piperazine rings is 1. The van der Waals surface area contributed by atoms with Gasteiger partial charge in [-0.15, -0.1) is 24.8 Å². The average molecular weight is 284 g/mol. The van der Waals surface area contributed by atoms with Gasteiger partial charge in [0.05, 0.1) is 0 Å². The lowest BCUT2D eigenvalue weighted by Crippen LogP contribution is -2.51. The van der Waals surface area contributed by atoms with Crippen LogP contribution >= 0.6 is 24.8 Å². The van der Waals surface area contributed by atoms with Gasteiger partial charge in [-0.3, -0.25) is 9.80 Å². The van der Waals surface area contributed by atoms with Gasteiger partial charge in [0, 0.05) is 44.8 Å². The quantitative estimate of drug-likeness (QED) is 0.857. The maximum absolute atomic E-state index is 5.82. The van der Waals surface area contributed by atoms with Crippen LogP contribution in [-0.2, 0) is 0 Å². The fourth-order valence-electron chi connectivity index (χ4n) is 2.99. The fourth-order valence-corrected chi connectivity index (χ4v) is 2.99. The summed E-state index contributed by atoms with van der Waals surface area (Å²) in [4.78, 5) is 5.21. The van der Waals surface area contributed by atoms with E-state index in [0.717, 1.165) is 12.6 Å². The first-order chi connectivity index (χ1) is 7.25. The summed E-state index contributed by atoms with van der Waals surface area (Å²) in [6, 6.07) is 1.23. The molecular weight excluding hydrogens is 257 g/mol. The van der Waals surface area contributed by atoms with Crippen molar-refractivity contribution in [2.75, 3.05) is 32.7 Å². The molecule has 0 radical (unpaired) electrons. The molecule has 0 amide bonds. The molecular formula is C12H27Cl2N3. The summed E-state index contributed by atoms with van der Waals surface area (Å²) in [5.74, 6) is 0. The highest BCUT2D eigenvalue weighted by molar-refractivity contribution is 5.85. The SMILES string of the molecule is CC(N)CN1CCN(C2CCCC2)CC1.Cl.Cl. The molecule has 2 fully saturated rings. The third-order valence-corrected chi connectivity index (χ3v) is 3.79. The van der Waals surface area contributed by atoms with Crippen molar-refractivity contribution in [2.24, 2.45) is 5.73 Å². The minimum absolute atomic E-state index is 0. The second-order valence-corrected chi connectivity index (χ2v) is 5.25. The zero-order chi connectivity index (χ0) is 10.7.